The summed E-state index contributed by atoms with van der Waals surface area (Å²) in [5.41, 5.74) is 6.96. The maximum atomic E-state index is 12.7. The van der Waals surface area contributed by atoms with Gasteiger partial charge >= 0.3 is 11.9 Å². The highest BCUT2D eigenvalue weighted by molar-refractivity contribution is 6.30. The molecular weight excluding hydrogens is 384 g/mol. The lowest BCUT2D eigenvalue weighted by atomic mass is 9.83. The zero-order valence-electron chi connectivity index (χ0n) is 15.5. The summed E-state index contributed by atoms with van der Waals surface area (Å²) in [6, 6.07) is 8.79. The number of nitrogens with two attached hydrogens (primary N) is 1. The number of rotatable bonds is 6. The summed E-state index contributed by atoms with van der Waals surface area (Å²) in [5.74, 6) is -2.03. The van der Waals surface area contributed by atoms with Gasteiger partial charge in [-0.2, -0.15) is 5.26 Å². The van der Waals surface area contributed by atoms with Crippen molar-refractivity contribution in [1.29, 1.82) is 5.26 Å². The Hall–Kier alpha value is -3.24. The molecule has 28 heavy (non-hydrogen) atoms. The Labute approximate surface area is 167 Å². The molecule has 0 spiro atoms. The van der Waals surface area contributed by atoms with Crippen LogP contribution in [0.3, 0.4) is 0 Å². The third-order valence-electron chi connectivity index (χ3n) is 3.91. The fraction of sp³-hybridized carbons (Fsp3) is 0.250. The number of halogens is 1. The molecule has 0 aromatic heterocycles. The van der Waals surface area contributed by atoms with Crippen molar-refractivity contribution in [3.8, 4) is 6.07 Å². The fourth-order valence-electron chi connectivity index (χ4n) is 2.62. The molecule has 1 atom stereocenters. The van der Waals surface area contributed by atoms with Crippen LogP contribution in [-0.2, 0) is 23.8 Å². The van der Waals surface area contributed by atoms with Crippen molar-refractivity contribution >= 4 is 23.5 Å². The van der Waals surface area contributed by atoms with E-state index in [9.17, 15) is 14.9 Å². The second-order valence-corrected chi connectivity index (χ2v) is 6.44. The van der Waals surface area contributed by atoms with E-state index in [-0.39, 0.29) is 41.6 Å². The molecular formula is C20H19ClN2O5. The number of nitrogens with zero attached hydrogens (tertiary/aromatic N) is 1. The van der Waals surface area contributed by atoms with Gasteiger partial charge in [0.15, 0.2) is 0 Å². The first-order valence-corrected chi connectivity index (χ1v) is 8.67. The van der Waals surface area contributed by atoms with E-state index in [0.717, 1.165) is 0 Å². The normalized spacial score (nSPS) is 16.1. The SMILES string of the molecule is C=C(C)C(=O)OCCOC(=O)C1=C(N)OC(C)=C(C#N)[C@@H]1c1cccc(Cl)c1. The van der Waals surface area contributed by atoms with E-state index in [4.69, 9.17) is 31.5 Å². The summed E-state index contributed by atoms with van der Waals surface area (Å²) in [6.45, 7) is 6.21. The molecule has 1 aromatic rings. The minimum Gasteiger partial charge on any atom is -0.459 e. The van der Waals surface area contributed by atoms with E-state index in [1.807, 2.05) is 0 Å². The van der Waals surface area contributed by atoms with Gasteiger partial charge in [-0.3, -0.25) is 0 Å². The molecule has 1 heterocycles. The van der Waals surface area contributed by atoms with Gasteiger partial charge in [0, 0.05) is 10.6 Å². The predicted molar refractivity (Wildman–Crippen MR) is 102 cm³/mol. The lowest BCUT2D eigenvalue weighted by Gasteiger charge is -2.26. The van der Waals surface area contributed by atoms with Gasteiger partial charge in [-0.05, 0) is 31.5 Å². The second-order valence-electron chi connectivity index (χ2n) is 6.00. The smallest absolute Gasteiger partial charge is 0.340 e. The quantitative estimate of drug-likeness (QED) is 0.442. The summed E-state index contributed by atoms with van der Waals surface area (Å²) in [5, 5.41) is 10.0. The van der Waals surface area contributed by atoms with Crippen molar-refractivity contribution in [1.82, 2.24) is 0 Å². The number of hydrogen-bond donors (Lipinski definition) is 1. The monoisotopic (exact) mass is 402 g/mol. The number of carbonyl (C=O) groups is 2. The summed E-state index contributed by atoms with van der Waals surface area (Å²) >= 11 is 6.06. The van der Waals surface area contributed by atoms with E-state index >= 15 is 0 Å². The number of carbonyl (C=O) groups excluding carboxylic acids is 2. The molecule has 1 aromatic carbocycles. The highest BCUT2D eigenvalue weighted by Crippen LogP contribution is 2.40. The highest BCUT2D eigenvalue weighted by Gasteiger charge is 2.36. The van der Waals surface area contributed by atoms with Crippen molar-refractivity contribution in [2.45, 2.75) is 19.8 Å². The van der Waals surface area contributed by atoms with Crippen LogP contribution in [0.2, 0.25) is 5.02 Å². The third kappa shape index (κ3) is 4.72. The van der Waals surface area contributed by atoms with Gasteiger partial charge in [0.2, 0.25) is 5.88 Å². The van der Waals surface area contributed by atoms with E-state index in [0.29, 0.717) is 10.6 Å². The summed E-state index contributed by atoms with van der Waals surface area (Å²) in [4.78, 5) is 24.0. The van der Waals surface area contributed by atoms with Crippen molar-refractivity contribution in [2.75, 3.05) is 13.2 Å². The fourth-order valence-corrected chi connectivity index (χ4v) is 2.81. The van der Waals surface area contributed by atoms with E-state index in [1.165, 1.54) is 6.92 Å². The van der Waals surface area contributed by atoms with Crippen molar-refractivity contribution in [3.63, 3.8) is 0 Å². The van der Waals surface area contributed by atoms with Gasteiger partial charge in [-0.15, -0.1) is 0 Å². The zero-order valence-corrected chi connectivity index (χ0v) is 16.2. The van der Waals surface area contributed by atoms with Crippen LogP contribution in [0.5, 0.6) is 0 Å². The van der Waals surface area contributed by atoms with Gasteiger partial charge in [0.05, 0.1) is 17.6 Å². The van der Waals surface area contributed by atoms with Crippen molar-refractivity contribution < 1.29 is 23.8 Å². The summed E-state index contributed by atoms with van der Waals surface area (Å²) < 4.78 is 15.4. The first-order chi connectivity index (χ1) is 13.3. The molecule has 2 N–H and O–H groups in total. The summed E-state index contributed by atoms with van der Waals surface area (Å²) in [6.07, 6.45) is 0. The zero-order chi connectivity index (χ0) is 20.8. The van der Waals surface area contributed by atoms with Crippen LogP contribution in [0.25, 0.3) is 0 Å². The molecule has 146 valence electrons. The number of esters is 2. The minimum absolute atomic E-state index is 0.0179. The molecule has 0 radical (unpaired) electrons. The first kappa shape index (κ1) is 21.1. The van der Waals surface area contributed by atoms with Gasteiger partial charge in [0.25, 0.3) is 0 Å². The van der Waals surface area contributed by atoms with Crippen LogP contribution < -0.4 is 5.73 Å². The molecule has 0 fully saturated rings. The molecule has 2 rings (SSSR count). The molecule has 0 unspecified atom stereocenters. The molecule has 0 bridgehead atoms. The van der Waals surface area contributed by atoms with Gasteiger partial charge in [-0.25, -0.2) is 9.59 Å². The van der Waals surface area contributed by atoms with Gasteiger partial charge < -0.3 is 19.9 Å². The average molecular weight is 403 g/mol. The number of ether oxygens (including phenoxy) is 3. The maximum absolute atomic E-state index is 12.7. The predicted octanol–water partition coefficient (Wildman–Crippen LogP) is 3.08. The van der Waals surface area contributed by atoms with E-state index < -0.39 is 17.9 Å². The Bertz CT molecular complexity index is 927. The Morgan fingerprint density at radius 2 is 2.04 bits per heavy atom. The van der Waals surface area contributed by atoms with Gasteiger partial charge in [0.1, 0.15) is 24.5 Å². The number of benzene rings is 1. The van der Waals surface area contributed by atoms with E-state index in [1.54, 1.807) is 31.2 Å². The maximum Gasteiger partial charge on any atom is 0.340 e. The average Bonchev–Trinajstić information content (AvgIpc) is 2.64. The Morgan fingerprint density at radius 1 is 1.36 bits per heavy atom. The van der Waals surface area contributed by atoms with Crippen LogP contribution in [0.1, 0.15) is 25.3 Å². The molecule has 7 nitrogen and oxygen atoms in total. The van der Waals surface area contributed by atoms with Crippen molar-refractivity contribution in [3.05, 3.63) is 69.8 Å². The lowest BCUT2D eigenvalue weighted by molar-refractivity contribution is -0.147. The van der Waals surface area contributed by atoms with Crippen LogP contribution in [0.15, 0.2) is 59.2 Å². The molecule has 0 saturated carbocycles. The highest BCUT2D eigenvalue weighted by atomic mass is 35.5. The molecule has 1 aliphatic rings. The van der Waals surface area contributed by atoms with Crippen molar-refractivity contribution in [2.24, 2.45) is 5.73 Å². The third-order valence-corrected chi connectivity index (χ3v) is 4.14. The van der Waals surface area contributed by atoms with Crippen LogP contribution >= 0.6 is 11.6 Å². The molecule has 0 aliphatic carbocycles. The first-order valence-electron chi connectivity index (χ1n) is 8.29. The lowest BCUT2D eigenvalue weighted by Crippen LogP contribution is -2.27. The Kier molecular flexibility index (Phi) is 6.85. The molecule has 1 aliphatic heterocycles. The van der Waals surface area contributed by atoms with Crippen LogP contribution in [0, 0.1) is 11.3 Å². The van der Waals surface area contributed by atoms with Crippen LogP contribution in [-0.4, -0.2) is 25.2 Å². The topological polar surface area (TPSA) is 112 Å². The molecule has 8 heteroatoms. The minimum atomic E-state index is -0.789. The molecule has 0 amide bonds. The number of allylic oxidation sites excluding steroid dienone is 2. The number of nitriles is 1. The van der Waals surface area contributed by atoms with Crippen LogP contribution in [0.4, 0.5) is 0 Å². The largest absolute Gasteiger partial charge is 0.459 e. The molecule has 0 saturated heterocycles. The van der Waals surface area contributed by atoms with Gasteiger partial charge in [-0.1, -0.05) is 30.3 Å². The Balaban J connectivity index is 2.25. The Morgan fingerprint density at radius 3 is 2.64 bits per heavy atom. The second kappa shape index (κ2) is 9.11. The summed E-state index contributed by atoms with van der Waals surface area (Å²) in [7, 11) is 0. The standard InChI is InChI=1S/C20H19ClN2O5/c1-11(2)19(24)26-7-8-27-20(25)17-16(13-5-4-6-14(21)9-13)15(10-22)12(3)28-18(17)23/h4-6,9,16H,1,7-8,23H2,2-3H3/t16-/m0/s1. The van der Waals surface area contributed by atoms with E-state index in [2.05, 4.69) is 12.6 Å². The number of hydrogen-bond acceptors (Lipinski definition) is 7.